The molecule has 3 saturated heterocycles. The largest absolute Gasteiger partial charge is 0.481 e. The SMILES string of the molecule is CC[C@H]1OC(=O)[C@H](C)[C@@H](O[C@H]2C[C@@](C)(OC)[C@@H](O)[C@H](C)O2)[C@H](C)[C@@H](O[C@@H]2O[C@H](C)C[C@H](N(C)C)[C@H]2O)[C@](C)(O)C[C@@H](C)CN(C)[C@H](C)[C@@H](O)[C@]1(C)O.O=C(O)CC(O)(CC(=O)O)C(=O)O. The first-order valence-electron chi connectivity index (χ1n) is 22.3. The Hall–Kier alpha value is -2.64. The minimum atomic E-state index is -2.74. The molecule has 18 atom stereocenters. The molecule has 0 unspecified atom stereocenters. The van der Waals surface area contributed by atoms with Gasteiger partial charge in [0, 0.05) is 38.1 Å². The Kier molecular flexibility index (Phi) is 21.2. The number of carboxylic acid groups (broad SMARTS) is 3. The van der Waals surface area contributed by atoms with Crippen LogP contribution in [0.2, 0.25) is 0 Å². The second-order valence-corrected chi connectivity index (χ2v) is 19.6. The van der Waals surface area contributed by atoms with Gasteiger partial charge in [-0.2, -0.15) is 0 Å². The van der Waals surface area contributed by atoms with Gasteiger partial charge in [0.2, 0.25) is 0 Å². The molecule has 0 saturated carbocycles. The number of cyclic esters (lactones) is 1. The van der Waals surface area contributed by atoms with E-state index in [4.69, 9.17) is 48.8 Å². The quantitative estimate of drug-likeness (QED) is 0.121. The summed E-state index contributed by atoms with van der Waals surface area (Å²) in [4.78, 5) is 48.5. The van der Waals surface area contributed by atoms with E-state index in [1.165, 1.54) is 14.0 Å². The smallest absolute Gasteiger partial charge is 0.336 e. The zero-order valence-electron chi connectivity index (χ0n) is 40.6. The van der Waals surface area contributed by atoms with E-state index < -0.39 is 132 Å². The maximum absolute atomic E-state index is 14.2. The van der Waals surface area contributed by atoms with Gasteiger partial charge in [0.25, 0.3) is 0 Å². The molecule has 9 N–H and O–H groups in total. The van der Waals surface area contributed by atoms with Gasteiger partial charge < -0.3 is 84.2 Å². The molecule has 0 aromatic heterocycles. The first-order valence-corrected chi connectivity index (χ1v) is 22.3. The van der Waals surface area contributed by atoms with Crippen molar-refractivity contribution < 1.29 is 93.6 Å². The van der Waals surface area contributed by atoms with Gasteiger partial charge in [0.15, 0.2) is 18.2 Å². The topological polar surface area (TPSA) is 312 Å². The summed E-state index contributed by atoms with van der Waals surface area (Å²) in [5, 5.41) is 91.9. The first kappa shape index (κ1) is 58.5. The number of aliphatic hydroxyl groups is 6. The summed E-state index contributed by atoms with van der Waals surface area (Å²) in [6.07, 6.45) is -10.5. The van der Waals surface area contributed by atoms with Gasteiger partial charge in [0.1, 0.15) is 30.0 Å². The molecule has 0 aromatic rings. The second kappa shape index (κ2) is 23.6. The lowest BCUT2D eigenvalue weighted by Gasteiger charge is -2.48. The zero-order chi connectivity index (χ0) is 50.3. The first-order chi connectivity index (χ1) is 29.7. The number of esters is 1. The summed E-state index contributed by atoms with van der Waals surface area (Å²) < 4.78 is 37.5. The van der Waals surface area contributed by atoms with Crippen molar-refractivity contribution in [1.82, 2.24) is 9.80 Å². The van der Waals surface area contributed by atoms with Crippen molar-refractivity contribution in [2.45, 2.75) is 204 Å². The number of carbonyl (C=O) groups excluding carboxylic acids is 1. The maximum Gasteiger partial charge on any atom is 0.336 e. The molecule has 21 heteroatoms. The van der Waals surface area contributed by atoms with Crippen LogP contribution in [0.15, 0.2) is 0 Å². The van der Waals surface area contributed by atoms with E-state index in [-0.39, 0.29) is 37.3 Å². The summed E-state index contributed by atoms with van der Waals surface area (Å²) in [5.74, 6) is -7.60. The van der Waals surface area contributed by atoms with Crippen molar-refractivity contribution in [3.8, 4) is 0 Å². The third-order valence-electron chi connectivity index (χ3n) is 13.5. The minimum Gasteiger partial charge on any atom is -0.481 e. The predicted octanol–water partition coefficient (Wildman–Crippen LogP) is 0.652. The van der Waals surface area contributed by atoms with E-state index in [2.05, 4.69) is 0 Å². The van der Waals surface area contributed by atoms with Crippen LogP contribution >= 0.6 is 0 Å². The number of hydrogen-bond acceptors (Lipinski definition) is 18. The average Bonchev–Trinajstić information content (AvgIpc) is 3.18. The molecule has 65 heavy (non-hydrogen) atoms. The third-order valence-corrected chi connectivity index (χ3v) is 13.5. The van der Waals surface area contributed by atoms with Gasteiger partial charge in [0.05, 0.1) is 54.4 Å². The Morgan fingerprint density at radius 2 is 1.45 bits per heavy atom. The lowest BCUT2D eigenvalue weighted by molar-refractivity contribution is -0.318. The van der Waals surface area contributed by atoms with E-state index in [1.54, 1.807) is 41.5 Å². The number of methoxy groups -OCH3 is 1. The van der Waals surface area contributed by atoms with Crippen molar-refractivity contribution in [3.63, 3.8) is 0 Å². The molecule has 21 nitrogen and oxygen atoms in total. The predicted molar refractivity (Wildman–Crippen MR) is 231 cm³/mol. The number of likely N-dealkylation sites (N-methyl/N-ethyl adjacent to an activating group) is 2. The molecule has 3 aliphatic heterocycles. The number of hydrogen-bond donors (Lipinski definition) is 9. The normalized spacial score (nSPS) is 41.9. The van der Waals surface area contributed by atoms with E-state index in [0.29, 0.717) is 13.0 Å². The number of aliphatic carboxylic acids is 3. The lowest BCUT2D eigenvalue weighted by Crippen LogP contribution is -2.60. The van der Waals surface area contributed by atoms with Crippen LogP contribution in [0.5, 0.6) is 0 Å². The van der Waals surface area contributed by atoms with Gasteiger partial charge in [-0.15, -0.1) is 0 Å². The molecule has 0 spiro atoms. The summed E-state index contributed by atoms with van der Waals surface area (Å²) in [5.41, 5.74) is -7.11. The highest BCUT2D eigenvalue weighted by molar-refractivity contribution is 5.88. The molecular weight excluding hydrogens is 860 g/mol. The fourth-order valence-corrected chi connectivity index (χ4v) is 9.45. The average molecular weight is 941 g/mol. The fourth-order valence-electron chi connectivity index (χ4n) is 9.45. The van der Waals surface area contributed by atoms with Crippen LogP contribution < -0.4 is 0 Å². The molecule has 3 aliphatic rings. The molecule has 3 fully saturated rings. The molecule has 0 aliphatic carbocycles. The van der Waals surface area contributed by atoms with Crippen molar-refractivity contribution in [3.05, 3.63) is 0 Å². The molecule has 380 valence electrons. The van der Waals surface area contributed by atoms with Gasteiger partial charge in [-0.05, 0) is 94.8 Å². The number of rotatable bonds is 12. The number of nitrogens with zero attached hydrogens (tertiary/aromatic N) is 2. The summed E-state index contributed by atoms with van der Waals surface area (Å²) >= 11 is 0. The standard InChI is InChI=1S/C38H72N2O12.C6H8O7/c1-15-27-38(10,46)31(42)24(6)40(13)19-20(2)17-36(8,45)33(52-35-29(41)26(39(11)12)16-21(3)48-35)22(4)30(23(5)34(44)50-27)51-28-18-37(9,47-14)32(43)25(7)49-28;7-3(8)1-6(13,5(11)12)2-4(9)10/h20-33,35,41-43,45-46H,15-19H2,1-14H3;13H,1-2H2,(H,7,8)(H,9,10)(H,11,12)/t20-,21-,22+,23-,24-,25+,26+,27-,28+,29-,30+,31-,32+,33-,35+,36-,37-,38-;/m1./s1. The van der Waals surface area contributed by atoms with Crippen LogP contribution in [0.25, 0.3) is 0 Å². The highest BCUT2D eigenvalue weighted by atomic mass is 16.7. The Balaban J connectivity index is 0.000000965. The number of carbonyl (C=O) groups is 4. The minimum absolute atomic E-state index is 0.133. The van der Waals surface area contributed by atoms with Crippen LogP contribution in [0.1, 0.15) is 108 Å². The van der Waals surface area contributed by atoms with Crippen molar-refractivity contribution >= 4 is 23.9 Å². The van der Waals surface area contributed by atoms with Crippen LogP contribution in [0, 0.1) is 17.8 Å². The van der Waals surface area contributed by atoms with Crippen LogP contribution in [-0.4, -0.2) is 210 Å². The van der Waals surface area contributed by atoms with Crippen LogP contribution in [-0.2, 0) is 47.6 Å². The molecule has 0 amide bonds. The molecule has 0 aromatic carbocycles. The van der Waals surface area contributed by atoms with Crippen LogP contribution in [0.4, 0.5) is 0 Å². The Morgan fingerprint density at radius 1 is 0.892 bits per heavy atom. The second-order valence-electron chi connectivity index (χ2n) is 19.6. The van der Waals surface area contributed by atoms with Gasteiger partial charge in [-0.25, -0.2) is 4.79 Å². The number of ether oxygens (including phenoxy) is 6. The number of aliphatic hydroxyl groups excluding tert-OH is 3. The lowest BCUT2D eigenvalue weighted by atomic mass is 9.77. The maximum atomic E-state index is 14.2. The molecule has 3 heterocycles. The van der Waals surface area contributed by atoms with Crippen LogP contribution in [0.3, 0.4) is 0 Å². The molecule has 3 rings (SSSR count). The van der Waals surface area contributed by atoms with E-state index in [1.807, 2.05) is 51.7 Å². The van der Waals surface area contributed by atoms with Gasteiger partial charge >= 0.3 is 23.9 Å². The summed E-state index contributed by atoms with van der Waals surface area (Å²) in [6, 6.07) is -0.808. The van der Waals surface area contributed by atoms with Gasteiger partial charge in [-0.1, -0.05) is 20.8 Å². The fraction of sp³-hybridized carbons (Fsp3) is 0.909. The summed E-state index contributed by atoms with van der Waals surface area (Å²) in [6.45, 7) is 18.0. The van der Waals surface area contributed by atoms with Crippen molar-refractivity contribution in [1.29, 1.82) is 0 Å². The molecule has 0 radical (unpaired) electrons. The Bertz CT molecular complexity index is 1550. The monoisotopic (exact) mass is 941 g/mol. The number of carboxylic acids is 3. The Labute approximate surface area is 382 Å². The van der Waals surface area contributed by atoms with Crippen molar-refractivity contribution in [2.24, 2.45) is 17.8 Å². The Morgan fingerprint density at radius 3 is 1.92 bits per heavy atom. The molecule has 0 bridgehead atoms. The highest BCUT2D eigenvalue weighted by Gasteiger charge is 2.53. The highest BCUT2D eigenvalue weighted by Crippen LogP contribution is 2.40. The zero-order valence-corrected chi connectivity index (χ0v) is 40.6. The van der Waals surface area contributed by atoms with E-state index in [9.17, 15) is 44.7 Å². The third kappa shape index (κ3) is 14.9. The summed E-state index contributed by atoms with van der Waals surface area (Å²) in [7, 11) is 7.12. The van der Waals surface area contributed by atoms with Crippen molar-refractivity contribution in [2.75, 3.05) is 34.8 Å². The molecular formula is C44H80N2O19. The van der Waals surface area contributed by atoms with E-state index >= 15 is 0 Å². The van der Waals surface area contributed by atoms with E-state index in [0.717, 1.165) is 0 Å². The van der Waals surface area contributed by atoms with Gasteiger partial charge in [-0.3, -0.25) is 14.4 Å².